The summed E-state index contributed by atoms with van der Waals surface area (Å²) in [7, 11) is 0. The number of benzene rings is 1. The van der Waals surface area contributed by atoms with Crippen molar-refractivity contribution in [2.45, 2.75) is 13.8 Å². The Morgan fingerprint density at radius 3 is 2.48 bits per heavy atom. The number of ether oxygens (including phenoxy) is 1. The van der Waals surface area contributed by atoms with Gasteiger partial charge in [-0.15, -0.1) is 12.4 Å². The molecule has 1 aromatic heterocycles. The van der Waals surface area contributed by atoms with E-state index in [9.17, 15) is 4.79 Å². The van der Waals surface area contributed by atoms with Crippen molar-refractivity contribution in [1.29, 1.82) is 0 Å². The molecule has 1 saturated heterocycles. The van der Waals surface area contributed by atoms with Gasteiger partial charge in [-0.25, -0.2) is 4.98 Å². The fourth-order valence-corrected chi connectivity index (χ4v) is 2.87. The Labute approximate surface area is 154 Å². The van der Waals surface area contributed by atoms with Crippen LogP contribution in [0, 0.1) is 6.92 Å². The molecule has 0 unspecified atom stereocenters. The second-order valence-electron chi connectivity index (χ2n) is 5.94. The normalized spacial score (nSPS) is 14.3. The van der Waals surface area contributed by atoms with Crippen LogP contribution in [0.1, 0.15) is 12.5 Å². The number of nitrogens with zero attached hydrogens (tertiary/aromatic N) is 4. The van der Waals surface area contributed by atoms with Gasteiger partial charge in [0, 0.05) is 50.9 Å². The molecule has 7 heteroatoms. The lowest BCUT2D eigenvalue weighted by atomic mass is 10.2. The summed E-state index contributed by atoms with van der Waals surface area (Å²) in [5.41, 5.74) is 2.34. The molecule has 3 rings (SSSR count). The lowest BCUT2D eigenvalue weighted by Crippen LogP contribution is -2.50. The van der Waals surface area contributed by atoms with Crippen LogP contribution in [-0.4, -0.2) is 59.8 Å². The monoisotopic (exact) mass is 364 g/mol. The maximum atomic E-state index is 12.0. The number of carbonyl (C=O) groups is 1. The molecule has 1 amide bonds. The predicted molar refractivity (Wildman–Crippen MR) is 101 cm³/mol. The van der Waals surface area contributed by atoms with Gasteiger partial charge >= 0.3 is 0 Å². The van der Waals surface area contributed by atoms with E-state index in [0.717, 1.165) is 24.7 Å². The number of aryl methyl sites for hydroxylation is 1. The summed E-state index contributed by atoms with van der Waals surface area (Å²) < 4.78 is 7.31. The van der Waals surface area contributed by atoms with Gasteiger partial charge in [0.25, 0.3) is 0 Å². The van der Waals surface area contributed by atoms with Crippen molar-refractivity contribution in [3.8, 4) is 5.69 Å². The van der Waals surface area contributed by atoms with E-state index >= 15 is 0 Å². The Morgan fingerprint density at radius 2 is 1.84 bits per heavy atom. The zero-order chi connectivity index (χ0) is 16.9. The lowest BCUT2D eigenvalue weighted by molar-refractivity contribution is -0.136. The Morgan fingerprint density at radius 1 is 1.16 bits per heavy atom. The minimum absolute atomic E-state index is 0. The second kappa shape index (κ2) is 8.87. The number of hydrogen-bond donors (Lipinski definition) is 0. The maximum Gasteiger partial charge on any atom is 0.248 e. The molecular weight excluding hydrogens is 340 g/mol. The molecule has 0 saturated carbocycles. The predicted octanol–water partition coefficient (Wildman–Crippen LogP) is 2.29. The van der Waals surface area contributed by atoms with E-state index in [-0.39, 0.29) is 24.9 Å². The highest BCUT2D eigenvalue weighted by Crippen LogP contribution is 2.20. The smallest absolute Gasteiger partial charge is 0.248 e. The van der Waals surface area contributed by atoms with Crippen molar-refractivity contribution in [3.63, 3.8) is 0 Å². The van der Waals surface area contributed by atoms with Gasteiger partial charge in [-0.1, -0.05) is 17.7 Å². The average Bonchev–Trinajstić information content (AvgIpc) is 3.10. The van der Waals surface area contributed by atoms with E-state index in [1.165, 1.54) is 5.56 Å². The van der Waals surface area contributed by atoms with Gasteiger partial charge in [0.2, 0.25) is 11.9 Å². The van der Waals surface area contributed by atoms with Crippen LogP contribution in [0.15, 0.2) is 36.7 Å². The summed E-state index contributed by atoms with van der Waals surface area (Å²) in [4.78, 5) is 20.6. The van der Waals surface area contributed by atoms with Crippen molar-refractivity contribution in [2.75, 3.05) is 44.3 Å². The maximum absolute atomic E-state index is 12.0. The summed E-state index contributed by atoms with van der Waals surface area (Å²) in [5, 5.41) is 0. The number of hydrogen-bond acceptors (Lipinski definition) is 4. The first kappa shape index (κ1) is 19.3. The first-order valence-corrected chi connectivity index (χ1v) is 8.40. The van der Waals surface area contributed by atoms with E-state index in [4.69, 9.17) is 4.74 Å². The molecule has 1 aliphatic heterocycles. The molecule has 25 heavy (non-hydrogen) atoms. The van der Waals surface area contributed by atoms with Crippen molar-refractivity contribution in [1.82, 2.24) is 14.5 Å². The zero-order valence-corrected chi connectivity index (χ0v) is 15.5. The molecule has 2 heterocycles. The van der Waals surface area contributed by atoms with Crippen LogP contribution in [0.4, 0.5) is 5.95 Å². The van der Waals surface area contributed by atoms with Gasteiger partial charge in [0.05, 0.1) is 0 Å². The van der Waals surface area contributed by atoms with Crippen LogP contribution in [0.3, 0.4) is 0 Å². The number of imidazole rings is 1. The summed E-state index contributed by atoms with van der Waals surface area (Å²) in [6.45, 7) is 7.68. The Kier molecular flexibility index (Phi) is 6.84. The van der Waals surface area contributed by atoms with Gasteiger partial charge in [0.15, 0.2) is 0 Å². The third-order valence-electron chi connectivity index (χ3n) is 4.28. The van der Waals surface area contributed by atoms with Crippen LogP contribution >= 0.6 is 12.4 Å². The second-order valence-corrected chi connectivity index (χ2v) is 5.94. The highest BCUT2D eigenvalue weighted by Gasteiger charge is 2.23. The van der Waals surface area contributed by atoms with E-state index < -0.39 is 0 Å². The number of carbonyl (C=O) groups excluding carboxylic acids is 1. The lowest BCUT2D eigenvalue weighted by Gasteiger charge is -2.35. The number of halogens is 1. The number of rotatable bonds is 5. The molecule has 0 aliphatic carbocycles. The molecule has 0 atom stereocenters. The Balaban J connectivity index is 0.00000225. The number of amides is 1. The molecule has 1 aromatic carbocycles. The fourth-order valence-electron chi connectivity index (χ4n) is 2.87. The minimum atomic E-state index is 0. The van der Waals surface area contributed by atoms with Gasteiger partial charge in [-0.3, -0.25) is 9.36 Å². The molecule has 0 bridgehead atoms. The van der Waals surface area contributed by atoms with E-state index in [0.29, 0.717) is 19.7 Å². The van der Waals surface area contributed by atoms with Crippen molar-refractivity contribution < 1.29 is 9.53 Å². The summed E-state index contributed by atoms with van der Waals surface area (Å²) >= 11 is 0. The Bertz CT molecular complexity index is 679. The Hall–Kier alpha value is -2.05. The molecule has 2 aromatic rings. The largest absolute Gasteiger partial charge is 0.372 e. The first-order valence-electron chi connectivity index (χ1n) is 8.40. The summed E-state index contributed by atoms with van der Waals surface area (Å²) in [5.74, 6) is 0.995. The summed E-state index contributed by atoms with van der Waals surface area (Å²) in [6.07, 6.45) is 3.80. The van der Waals surface area contributed by atoms with Crippen LogP contribution in [0.5, 0.6) is 0 Å². The number of aromatic nitrogens is 2. The van der Waals surface area contributed by atoms with E-state index in [1.54, 1.807) is 0 Å². The van der Waals surface area contributed by atoms with Crippen molar-refractivity contribution in [3.05, 3.63) is 42.2 Å². The standard InChI is InChI=1S/C18H24N4O2.ClH/c1-3-24-14-17(23)20-10-12-21(13-11-20)18-19-8-9-22(18)16-6-4-15(2)5-7-16;/h4-9H,3,10-14H2,1-2H3;1H. The zero-order valence-electron chi connectivity index (χ0n) is 14.7. The third-order valence-corrected chi connectivity index (χ3v) is 4.28. The molecule has 1 aliphatic rings. The van der Waals surface area contributed by atoms with Gasteiger partial charge < -0.3 is 14.5 Å². The minimum Gasteiger partial charge on any atom is -0.372 e. The first-order chi connectivity index (χ1) is 11.7. The van der Waals surface area contributed by atoms with Gasteiger partial charge in [-0.05, 0) is 26.0 Å². The highest BCUT2D eigenvalue weighted by molar-refractivity contribution is 5.85. The quantitative estimate of drug-likeness (QED) is 0.816. The number of piperazine rings is 1. The summed E-state index contributed by atoms with van der Waals surface area (Å²) in [6, 6.07) is 8.40. The number of anilines is 1. The molecule has 0 N–H and O–H groups in total. The molecule has 6 nitrogen and oxygen atoms in total. The van der Waals surface area contributed by atoms with Crippen molar-refractivity contribution >= 4 is 24.3 Å². The third kappa shape index (κ3) is 4.52. The SMILES string of the molecule is CCOCC(=O)N1CCN(c2nccn2-c2ccc(C)cc2)CC1.Cl. The van der Waals surface area contributed by atoms with Crippen LogP contribution in [0.25, 0.3) is 5.69 Å². The van der Waals surface area contributed by atoms with E-state index in [2.05, 4.69) is 45.6 Å². The average molecular weight is 365 g/mol. The van der Waals surface area contributed by atoms with E-state index in [1.807, 2.05) is 24.2 Å². The van der Waals surface area contributed by atoms with Crippen LogP contribution in [0.2, 0.25) is 0 Å². The molecular formula is C18H25ClN4O2. The molecule has 1 fully saturated rings. The highest BCUT2D eigenvalue weighted by atomic mass is 35.5. The van der Waals surface area contributed by atoms with Crippen molar-refractivity contribution in [2.24, 2.45) is 0 Å². The molecule has 0 spiro atoms. The fraction of sp³-hybridized carbons (Fsp3) is 0.444. The molecule has 0 radical (unpaired) electrons. The molecule has 136 valence electrons. The van der Waals surface area contributed by atoms with Crippen LogP contribution in [-0.2, 0) is 9.53 Å². The van der Waals surface area contributed by atoms with Crippen LogP contribution < -0.4 is 4.90 Å². The topological polar surface area (TPSA) is 50.6 Å². The van der Waals surface area contributed by atoms with Gasteiger partial charge in [-0.2, -0.15) is 0 Å². The van der Waals surface area contributed by atoms with Gasteiger partial charge in [0.1, 0.15) is 6.61 Å².